The molecule has 2 aromatic rings. The summed E-state index contributed by atoms with van der Waals surface area (Å²) < 4.78 is 8.06. The second-order valence-electron chi connectivity index (χ2n) is 7.26. The smallest absolute Gasteiger partial charge is 0.184 e. The van der Waals surface area contributed by atoms with Crippen LogP contribution in [-0.4, -0.2) is 50.3 Å². The minimum absolute atomic E-state index is 0.368. The zero-order valence-corrected chi connectivity index (χ0v) is 15.2. The molecule has 136 valence electrons. The first kappa shape index (κ1) is 16.7. The number of hydrogen-bond acceptors (Lipinski definition) is 5. The predicted molar refractivity (Wildman–Crippen MR) is 95.4 cm³/mol. The molecule has 1 saturated carbocycles. The van der Waals surface area contributed by atoms with Crippen molar-refractivity contribution < 1.29 is 4.74 Å². The molecule has 3 heterocycles. The van der Waals surface area contributed by atoms with E-state index in [4.69, 9.17) is 14.8 Å². The van der Waals surface area contributed by atoms with Gasteiger partial charge in [0.15, 0.2) is 5.82 Å². The fourth-order valence-electron chi connectivity index (χ4n) is 4.07. The van der Waals surface area contributed by atoms with E-state index in [-0.39, 0.29) is 0 Å². The maximum atomic E-state index is 5.92. The van der Waals surface area contributed by atoms with Crippen LogP contribution in [0.25, 0.3) is 11.4 Å². The van der Waals surface area contributed by atoms with Gasteiger partial charge < -0.3 is 10.1 Å². The Balaban J connectivity index is 1.60. The molecule has 1 aliphatic carbocycles. The van der Waals surface area contributed by atoms with Crippen molar-refractivity contribution in [1.29, 1.82) is 0 Å². The molecule has 0 spiro atoms. The molecule has 2 aromatic heterocycles. The van der Waals surface area contributed by atoms with E-state index in [2.05, 4.69) is 27.1 Å². The molecule has 0 bridgehead atoms. The molecule has 25 heavy (non-hydrogen) atoms. The molecule has 0 amide bonds. The molecule has 2 aliphatic rings. The van der Waals surface area contributed by atoms with E-state index in [1.807, 2.05) is 13.1 Å². The summed E-state index contributed by atoms with van der Waals surface area (Å²) in [6, 6.07) is 0.447. The number of ether oxygens (including phenoxy) is 1. The van der Waals surface area contributed by atoms with Crippen LogP contribution >= 0.6 is 0 Å². The Hall–Kier alpha value is -1.73. The van der Waals surface area contributed by atoms with Gasteiger partial charge >= 0.3 is 0 Å². The van der Waals surface area contributed by atoms with Gasteiger partial charge in [0.25, 0.3) is 0 Å². The summed E-state index contributed by atoms with van der Waals surface area (Å²) >= 11 is 0. The van der Waals surface area contributed by atoms with Crippen molar-refractivity contribution >= 4 is 0 Å². The third-order valence-electron chi connectivity index (χ3n) is 5.49. The van der Waals surface area contributed by atoms with Gasteiger partial charge in [-0.1, -0.05) is 13.3 Å². The van der Waals surface area contributed by atoms with Crippen molar-refractivity contribution in [3.8, 4) is 11.4 Å². The van der Waals surface area contributed by atoms with Crippen LogP contribution < -0.4 is 5.32 Å². The summed E-state index contributed by atoms with van der Waals surface area (Å²) in [5.41, 5.74) is 2.02. The number of nitrogens with zero attached hydrogens (tertiary/aromatic N) is 4. The number of rotatable bonds is 5. The topological polar surface area (TPSA) is 80.7 Å². The summed E-state index contributed by atoms with van der Waals surface area (Å²) in [6.45, 7) is 6.96. The number of aromatic nitrogens is 5. The minimum Gasteiger partial charge on any atom is -0.375 e. The molecule has 1 saturated heterocycles. The van der Waals surface area contributed by atoms with E-state index in [0.29, 0.717) is 18.1 Å². The van der Waals surface area contributed by atoms with E-state index in [1.165, 1.54) is 0 Å². The molecular weight excluding hydrogens is 316 g/mol. The lowest BCUT2D eigenvalue weighted by atomic mass is 9.82. The lowest BCUT2D eigenvalue weighted by Crippen LogP contribution is -2.51. The number of unbranched alkanes of at least 4 members (excludes halogenated alkanes) is 1. The largest absolute Gasteiger partial charge is 0.375 e. The zero-order valence-electron chi connectivity index (χ0n) is 15.2. The average Bonchev–Trinajstić information content (AvgIpc) is 3.25. The number of aryl methyl sites for hydroxylation is 2. The molecule has 2 fully saturated rings. The van der Waals surface area contributed by atoms with Gasteiger partial charge in [-0.05, 0) is 32.6 Å². The van der Waals surface area contributed by atoms with Crippen molar-refractivity contribution in [3.63, 3.8) is 0 Å². The molecular formula is C18H28N6O. The normalized spacial score (nSPS) is 26.6. The number of H-pyrrole nitrogens is 1. The molecule has 0 unspecified atom stereocenters. The van der Waals surface area contributed by atoms with Gasteiger partial charge in [0.1, 0.15) is 5.82 Å². The molecule has 1 aliphatic heterocycles. The molecule has 7 heteroatoms. The highest BCUT2D eigenvalue weighted by Gasteiger charge is 2.35. The van der Waals surface area contributed by atoms with Crippen molar-refractivity contribution in [1.82, 2.24) is 30.3 Å². The fourth-order valence-corrected chi connectivity index (χ4v) is 4.07. The number of hydrogen-bond donors (Lipinski definition) is 2. The summed E-state index contributed by atoms with van der Waals surface area (Å²) in [4.78, 5) is 4.95. The lowest BCUT2D eigenvalue weighted by Gasteiger charge is -2.39. The quantitative estimate of drug-likeness (QED) is 0.870. The Bertz CT molecular complexity index is 708. The van der Waals surface area contributed by atoms with Crippen LogP contribution in [0.1, 0.15) is 56.5 Å². The Kier molecular flexibility index (Phi) is 4.85. The van der Waals surface area contributed by atoms with E-state index in [9.17, 15) is 0 Å². The van der Waals surface area contributed by atoms with Crippen LogP contribution in [0.2, 0.25) is 0 Å². The maximum Gasteiger partial charge on any atom is 0.184 e. The van der Waals surface area contributed by atoms with Crippen LogP contribution in [0.15, 0.2) is 6.20 Å². The SMILES string of the molecule is CCCCn1nc(-c2cn[nH]c2C)nc1[C@H]1CC[C@H]2OCCN[C@@H]2C1. The number of aromatic amines is 1. The number of fused-ring (bicyclic) bond motifs is 1. The van der Waals surface area contributed by atoms with Crippen molar-refractivity contribution in [3.05, 3.63) is 17.7 Å². The van der Waals surface area contributed by atoms with Crippen molar-refractivity contribution in [2.75, 3.05) is 13.2 Å². The van der Waals surface area contributed by atoms with Gasteiger partial charge in [-0.3, -0.25) is 5.10 Å². The second-order valence-corrected chi connectivity index (χ2v) is 7.26. The summed E-state index contributed by atoms with van der Waals surface area (Å²) in [5, 5.41) is 15.6. The standard InChI is InChI=1S/C18H28N6O/c1-3-4-8-24-18(21-17(23-24)14-11-20-22-12(14)2)13-5-6-16-15(10-13)19-7-9-25-16/h11,13,15-16,19H,3-10H2,1-2H3,(H,20,22)/t13-,15+,16+/m0/s1. The third-order valence-corrected chi connectivity index (χ3v) is 5.49. The number of nitrogens with one attached hydrogen (secondary N) is 2. The highest BCUT2D eigenvalue weighted by atomic mass is 16.5. The molecule has 0 aromatic carbocycles. The summed E-state index contributed by atoms with van der Waals surface area (Å²) in [5.74, 6) is 2.38. The van der Waals surface area contributed by atoms with Crippen LogP contribution in [0, 0.1) is 6.92 Å². The van der Waals surface area contributed by atoms with E-state index < -0.39 is 0 Å². The second kappa shape index (κ2) is 7.25. The van der Waals surface area contributed by atoms with Gasteiger partial charge in [0.05, 0.1) is 24.5 Å². The minimum atomic E-state index is 0.368. The summed E-state index contributed by atoms with van der Waals surface area (Å²) in [6.07, 6.45) is 7.78. The Morgan fingerprint density at radius 3 is 3.08 bits per heavy atom. The average molecular weight is 344 g/mol. The van der Waals surface area contributed by atoms with Gasteiger partial charge in [-0.2, -0.15) is 10.2 Å². The van der Waals surface area contributed by atoms with Crippen LogP contribution in [-0.2, 0) is 11.3 Å². The Morgan fingerprint density at radius 2 is 2.28 bits per heavy atom. The van der Waals surface area contributed by atoms with Crippen molar-refractivity contribution in [2.45, 2.75) is 70.6 Å². The van der Waals surface area contributed by atoms with E-state index in [0.717, 1.165) is 74.7 Å². The van der Waals surface area contributed by atoms with Gasteiger partial charge in [0.2, 0.25) is 0 Å². The summed E-state index contributed by atoms with van der Waals surface area (Å²) in [7, 11) is 0. The van der Waals surface area contributed by atoms with Crippen molar-refractivity contribution in [2.24, 2.45) is 0 Å². The first-order valence-corrected chi connectivity index (χ1v) is 9.56. The molecule has 0 radical (unpaired) electrons. The van der Waals surface area contributed by atoms with E-state index in [1.54, 1.807) is 0 Å². The highest BCUT2D eigenvalue weighted by Crippen LogP contribution is 2.35. The van der Waals surface area contributed by atoms with Crippen LogP contribution in [0.4, 0.5) is 0 Å². The Labute approximate surface area is 148 Å². The molecule has 2 N–H and O–H groups in total. The predicted octanol–water partition coefficient (Wildman–Crippen LogP) is 2.40. The fraction of sp³-hybridized carbons (Fsp3) is 0.722. The third kappa shape index (κ3) is 3.35. The molecule has 4 rings (SSSR count). The zero-order chi connectivity index (χ0) is 17.2. The Morgan fingerprint density at radius 1 is 1.36 bits per heavy atom. The van der Waals surface area contributed by atoms with Crippen LogP contribution in [0.3, 0.4) is 0 Å². The maximum absolute atomic E-state index is 5.92. The van der Waals surface area contributed by atoms with Gasteiger partial charge in [-0.25, -0.2) is 9.67 Å². The molecule has 3 atom stereocenters. The van der Waals surface area contributed by atoms with Crippen LogP contribution in [0.5, 0.6) is 0 Å². The van der Waals surface area contributed by atoms with Gasteiger partial charge in [-0.15, -0.1) is 0 Å². The lowest BCUT2D eigenvalue weighted by molar-refractivity contribution is -0.0282. The first-order chi connectivity index (χ1) is 12.3. The monoisotopic (exact) mass is 344 g/mol. The van der Waals surface area contributed by atoms with E-state index >= 15 is 0 Å². The van der Waals surface area contributed by atoms with Gasteiger partial charge in [0, 0.05) is 30.7 Å². The first-order valence-electron chi connectivity index (χ1n) is 9.56. The highest BCUT2D eigenvalue weighted by molar-refractivity contribution is 5.56. The number of morpholine rings is 1. The molecule has 7 nitrogen and oxygen atoms in total.